The van der Waals surface area contributed by atoms with E-state index < -0.39 is 11.6 Å². The van der Waals surface area contributed by atoms with E-state index in [0.717, 1.165) is 37.8 Å². The molecule has 2 rings (SSSR count). The van der Waals surface area contributed by atoms with Crippen LogP contribution < -0.4 is 5.32 Å². The molecule has 0 aliphatic heterocycles. The third-order valence-corrected chi connectivity index (χ3v) is 3.99. The minimum absolute atomic E-state index is 0.109. The lowest BCUT2D eigenvalue weighted by Gasteiger charge is -2.35. The van der Waals surface area contributed by atoms with Crippen molar-refractivity contribution >= 4 is 17.3 Å². The summed E-state index contributed by atoms with van der Waals surface area (Å²) < 4.78 is 26.6. The summed E-state index contributed by atoms with van der Waals surface area (Å²) in [7, 11) is 0. The van der Waals surface area contributed by atoms with Crippen LogP contribution in [0.15, 0.2) is 12.1 Å². The summed E-state index contributed by atoms with van der Waals surface area (Å²) in [5, 5.41) is 3.22. The van der Waals surface area contributed by atoms with Gasteiger partial charge in [-0.15, -0.1) is 0 Å². The highest BCUT2D eigenvalue weighted by atomic mass is 35.5. The van der Waals surface area contributed by atoms with Crippen LogP contribution >= 0.6 is 11.6 Å². The fourth-order valence-electron chi connectivity index (χ4n) is 2.43. The quantitative estimate of drug-likeness (QED) is 0.800. The van der Waals surface area contributed by atoms with E-state index in [9.17, 15) is 8.78 Å². The fraction of sp³-hybridized carbons (Fsp3) is 0.571. The van der Waals surface area contributed by atoms with Crippen LogP contribution in [0.2, 0.25) is 5.02 Å². The number of hydrogen-bond donors (Lipinski definition) is 1. The molecular formula is C14H18ClF2N. The van der Waals surface area contributed by atoms with E-state index in [2.05, 4.69) is 19.2 Å². The average Bonchev–Trinajstić information content (AvgIpc) is 2.25. The Morgan fingerprint density at radius 3 is 2.39 bits per heavy atom. The Morgan fingerprint density at radius 1 is 1.22 bits per heavy atom. The molecule has 0 amide bonds. The first-order valence-corrected chi connectivity index (χ1v) is 6.66. The zero-order chi connectivity index (χ0) is 13.3. The maximum atomic E-state index is 13.6. The minimum atomic E-state index is -0.646. The molecule has 0 atom stereocenters. The van der Waals surface area contributed by atoms with Gasteiger partial charge >= 0.3 is 0 Å². The van der Waals surface area contributed by atoms with Crippen molar-refractivity contribution in [1.29, 1.82) is 0 Å². The summed E-state index contributed by atoms with van der Waals surface area (Å²) in [5.41, 5.74) is 0.589. The number of halogens is 3. The highest BCUT2D eigenvalue weighted by Gasteiger charge is 2.27. The van der Waals surface area contributed by atoms with Crippen molar-refractivity contribution in [3.05, 3.63) is 28.8 Å². The van der Waals surface area contributed by atoms with Gasteiger partial charge in [0.05, 0.1) is 10.7 Å². The number of anilines is 1. The van der Waals surface area contributed by atoms with Crippen molar-refractivity contribution in [3.8, 4) is 0 Å². The van der Waals surface area contributed by atoms with E-state index in [1.807, 2.05) is 0 Å². The van der Waals surface area contributed by atoms with Crippen LogP contribution in [-0.2, 0) is 0 Å². The molecule has 1 aliphatic rings. The van der Waals surface area contributed by atoms with E-state index in [1.54, 1.807) is 0 Å². The number of nitrogens with one attached hydrogen (secondary N) is 1. The van der Waals surface area contributed by atoms with Gasteiger partial charge in [0.15, 0.2) is 5.82 Å². The summed E-state index contributed by atoms with van der Waals surface area (Å²) in [6.45, 7) is 4.49. The monoisotopic (exact) mass is 273 g/mol. The predicted molar refractivity (Wildman–Crippen MR) is 71.0 cm³/mol. The highest BCUT2D eigenvalue weighted by Crippen LogP contribution is 2.37. The van der Waals surface area contributed by atoms with Gasteiger partial charge in [-0.2, -0.15) is 0 Å². The number of hydrogen-bond acceptors (Lipinski definition) is 1. The topological polar surface area (TPSA) is 12.0 Å². The average molecular weight is 274 g/mol. The standard InChI is InChI=1S/C14H18ClF2N/c1-14(2)5-3-10(4-6-14)18-13-11(15)7-9(16)8-12(13)17/h7-8,10,18H,3-6H2,1-2H3. The third kappa shape index (κ3) is 3.14. The molecule has 1 N–H and O–H groups in total. The molecule has 100 valence electrons. The lowest BCUT2D eigenvalue weighted by atomic mass is 9.75. The minimum Gasteiger partial charge on any atom is -0.379 e. The summed E-state index contributed by atoms with van der Waals surface area (Å²) in [6.07, 6.45) is 4.18. The molecule has 0 saturated heterocycles. The zero-order valence-corrected chi connectivity index (χ0v) is 11.5. The van der Waals surface area contributed by atoms with Gasteiger partial charge < -0.3 is 5.32 Å². The summed E-state index contributed by atoms with van der Waals surface area (Å²) in [4.78, 5) is 0. The van der Waals surface area contributed by atoms with Gasteiger partial charge in [-0.3, -0.25) is 0 Å². The van der Waals surface area contributed by atoms with Crippen molar-refractivity contribution in [2.45, 2.75) is 45.6 Å². The molecule has 18 heavy (non-hydrogen) atoms. The Kier molecular flexibility index (Phi) is 3.81. The third-order valence-electron chi connectivity index (χ3n) is 3.69. The van der Waals surface area contributed by atoms with Crippen LogP contribution in [-0.4, -0.2) is 6.04 Å². The van der Waals surface area contributed by atoms with E-state index in [-0.39, 0.29) is 16.8 Å². The van der Waals surface area contributed by atoms with Gasteiger partial charge in [0.25, 0.3) is 0 Å². The summed E-state index contributed by atoms with van der Waals surface area (Å²) >= 11 is 5.87. The Balaban J connectivity index is 2.07. The Bertz CT molecular complexity index is 412. The van der Waals surface area contributed by atoms with Crippen molar-refractivity contribution in [2.75, 3.05) is 5.32 Å². The maximum absolute atomic E-state index is 13.6. The van der Waals surface area contributed by atoms with Crippen LogP contribution in [0.3, 0.4) is 0 Å². The van der Waals surface area contributed by atoms with Gasteiger partial charge in [-0.25, -0.2) is 8.78 Å². The van der Waals surface area contributed by atoms with Gasteiger partial charge in [-0.05, 0) is 37.2 Å². The Hall–Kier alpha value is -0.830. The molecule has 1 nitrogen and oxygen atoms in total. The van der Waals surface area contributed by atoms with Crippen LogP contribution in [0.4, 0.5) is 14.5 Å². The van der Waals surface area contributed by atoms with Gasteiger partial charge in [0, 0.05) is 12.1 Å². The Labute approximate surface area is 112 Å². The van der Waals surface area contributed by atoms with Gasteiger partial charge in [-0.1, -0.05) is 25.4 Å². The van der Waals surface area contributed by atoms with Crippen LogP contribution in [0.25, 0.3) is 0 Å². The lowest BCUT2D eigenvalue weighted by molar-refractivity contribution is 0.232. The second-order valence-corrected chi connectivity index (χ2v) is 6.23. The van der Waals surface area contributed by atoms with Crippen molar-refractivity contribution in [1.82, 2.24) is 0 Å². The predicted octanol–water partition coefficient (Wildman–Crippen LogP) is 5.00. The molecule has 0 radical (unpaired) electrons. The van der Waals surface area contributed by atoms with Gasteiger partial charge in [0.2, 0.25) is 0 Å². The maximum Gasteiger partial charge on any atom is 0.150 e. The Morgan fingerprint density at radius 2 is 1.83 bits per heavy atom. The van der Waals surface area contributed by atoms with E-state index >= 15 is 0 Å². The summed E-state index contributed by atoms with van der Waals surface area (Å²) in [5.74, 6) is -1.27. The van der Waals surface area contributed by atoms with Crippen LogP contribution in [0, 0.1) is 17.0 Å². The second kappa shape index (κ2) is 5.04. The summed E-state index contributed by atoms with van der Waals surface area (Å²) in [6, 6.07) is 2.22. The second-order valence-electron chi connectivity index (χ2n) is 5.83. The molecule has 0 unspecified atom stereocenters. The van der Waals surface area contributed by atoms with Crippen molar-refractivity contribution in [3.63, 3.8) is 0 Å². The van der Waals surface area contributed by atoms with Crippen LogP contribution in [0.1, 0.15) is 39.5 Å². The molecule has 0 aromatic heterocycles. The molecule has 1 fully saturated rings. The largest absolute Gasteiger partial charge is 0.379 e. The molecule has 1 aromatic rings. The first-order valence-electron chi connectivity index (χ1n) is 6.28. The molecule has 1 aromatic carbocycles. The number of benzene rings is 1. The molecule has 0 bridgehead atoms. The van der Waals surface area contributed by atoms with Crippen molar-refractivity contribution in [2.24, 2.45) is 5.41 Å². The SMILES string of the molecule is CC1(C)CCC(Nc2c(F)cc(F)cc2Cl)CC1. The molecule has 1 aliphatic carbocycles. The lowest BCUT2D eigenvalue weighted by Crippen LogP contribution is -2.30. The zero-order valence-electron chi connectivity index (χ0n) is 10.7. The molecule has 4 heteroatoms. The molecular weight excluding hydrogens is 256 g/mol. The van der Waals surface area contributed by atoms with Crippen LogP contribution in [0.5, 0.6) is 0 Å². The highest BCUT2D eigenvalue weighted by molar-refractivity contribution is 6.33. The first-order chi connectivity index (χ1) is 8.37. The fourth-order valence-corrected chi connectivity index (χ4v) is 2.68. The molecule has 0 spiro atoms. The molecule has 0 heterocycles. The van der Waals surface area contributed by atoms with E-state index in [1.165, 1.54) is 0 Å². The van der Waals surface area contributed by atoms with Crippen molar-refractivity contribution < 1.29 is 8.78 Å². The van der Waals surface area contributed by atoms with E-state index in [4.69, 9.17) is 11.6 Å². The normalized spacial score (nSPS) is 19.8. The number of rotatable bonds is 2. The first kappa shape index (κ1) is 13.6. The smallest absolute Gasteiger partial charge is 0.150 e. The van der Waals surface area contributed by atoms with Gasteiger partial charge in [0.1, 0.15) is 5.82 Å². The molecule has 1 saturated carbocycles. The van der Waals surface area contributed by atoms with E-state index in [0.29, 0.717) is 5.41 Å².